The molecule has 2 aromatic carbocycles. The molecule has 36 heavy (non-hydrogen) atoms. The third-order valence-electron chi connectivity index (χ3n) is 7.01. The van der Waals surface area contributed by atoms with Gasteiger partial charge < -0.3 is 15.0 Å². The van der Waals surface area contributed by atoms with E-state index in [1.165, 1.54) is 24.3 Å². The fourth-order valence-electron chi connectivity index (χ4n) is 5.41. The summed E-state index contributed by atoms with van der Waals surface area (Å²) in [6.07, 6.45) is 4.04. The lowest BCUT2D eigenvalue weighted by molar-refractivity contribution is -0.119. The number of carbonyl (C=O) groups is 3. The second-order valence-corrected chi connectivity index (χ2v) is 10.2. The van der Waals surface area contributed by atoms with Crippen molar-refractivity contribution in [2.45, 2.75) is 44.4 Å². The summed E-state index contributed by atoms with van der Waals surface area (Å²) in [5.74, 6) is -0.771. The Morgan fingerprint density at radius 1 is 1.00 bits per heavy atom. The zero-order valence-electron chi connectivity index (χ0n) is 19.9. The van der Waals surface area contributed by atoms with Crippen molar-refractivity contribution < 1.29 is 23.5 Å². The highest BCUT2D eigenvalue weighted by Gasteiger charge is 2.43. The largest absolute Gasteiger partial charge is 0.483 e. The molecule has 2 aromatic rings. The third kappa shape index (κ3) is 4.62. The van der Waals surface area contributed by atoms with Crippen molar-refractivity contribution in [1.82, 2.24) is 4.90 Å². The molecule has 0 saturated carbocycles. The first kappa shape index (κ1) is 24.4. The molecule has 186 valence electrons. The third-order valence-corrected chi connectivity index (χ3v) is 7.51. The van der Waals surface area contributed by atoms with Gasteiger partial charge in [0.25, 0.3) is 5.91 Å². The van der Waals surface area contributed by atoms with Crippen LogP contribution in [0.3, 0.4) is 0 Å². The van der Waals surface area contributed by atoms with Gasteiger partial charge in [-0.2, -0.15) is 0 Å². The molecule has 0 radical (unpaired) electrons. The maximum atomic E-state index is 13.3. The summed E-state index contributed by atoms with van der Waals surface area (Å²) in [7, 11) is 1.95. The molecule has 0 saturated heterocycles. The molecule has 0 atom stereocenters. The van der Waals surface area contributed by atoms with E-state index in [1.54, 1.807) is 6.07 Å². The Bertz CT molecular complexity index is 1270. The van der Waals surface area contributed by atoms with E-state index in [1.807, 2.05) is 19.2 Å². The van der Waals surface area contributed by atoms with Crippen LogP contribution in [-0.4, -0.2) is 36.0 Å². The molecule has 0 fully saturated rings. The van der Waals surface area contributed by atoms with Crippen LogP contribution in [0.5, 0.6) is 5.75 Å². The standard InChI is InChI=1S/C28H26BrFN2O4/c1-32-20-4-2-6-22(33)27(20)26(28-21(32)5-3-7-23(28)34)19-14-16(29)8-13-24(19)36-15-25(35)31-18-11-9-17(30)10-12-18/h8-14,26H,2-7,15H2,1H3,(H,31,35). The Morgan fingerprint density at radius 2 is 1.61 bits per heavy atom. The predicted molar refractivity (Wildman–Crippen MR) is 137 cm³/mol. The van der Waals surface area contributed by atoms with E-state index in [9.17, 15) is 18.8 Å². The average Bonchev–Trinajstić information content (AvgIpc) is 2.86. The summed E-state index contributed by atoms with van der Waals surface area (Å²) in [5.41, 5.74) is 4.43. The molecular formula is C28H26BrFN2O4. The number of anilines is 1. The molecule has 0 aromatic heterocycles. The van der Waals surface area contributed by atoms with Gasteiger partial charge >= 0.3 is 0 Å². The average molecular weight is 553 g/mol. The summed E-state index contributed by atoms with van der Waals surface area (Å²) < 4.78 is 19.9. The molecule has 3 aliphatic rings. The predicted octanol–water partition coefficient (Wildman–Crippen LogP) is 5.65. The van der Waals surface area contributed by atoms with Crippen molar-refractivity contribution >= 4 is 39.1 Å². The lowest BCUT2D eigenvalue weighted by atomic mass is 9.71. The van der Waals surface area contributed by atoms with Crippen LogP contribution in [0.1, 0.15) is 50.0 Å². The van der Waals surface area contributed by atoms with Gasteiger partial charge in [-0.1, -0.05) is 15.9 Å². The number of hydrogen-bond donors (Lipinski definition) is 1. The van der Waals surface area contributed by atoms with Gasteiger partial charge in [0.05, 0.1) is 0 Å². The van der Waals surface area contributed by atoms with Crippen LogP contribution in [0.25, 0.3) is 0 Å². The van der Waals surface area contributed by atoms with Crippen LogP contribution in [0.4, 0.5) is 10.1 Å². The van der Waals surface area contributed by atoms with Gasteiger partial charge in [-0.3, -0.25) is 14.4 Å². The number of ketones is 2. The first-order valence-corrected chi connectivity index (χ1v) is 12.9. The maximum Gasteiger partial charge on any atom is 0.262 e. The van der Waals surface area contributed by atoms with Crippen molar-refractivity contribution in [2.24, 2.45) is 0 Å². The SMILES string of the molecule is CN1C2=C(C(=O)CCC2)C(c2cc(Br)ccc2OCC(=O)Nc2ccc(F)cc2)C2=C1CCCC2=O. The summed E-state index contributed by atoms with van der Waals surface area (Å²) >= 11 is 3.53. The zero-order chi connectivity index (χ0) is 25.4. The smallest absolute Gasteiger partial charge is 0.262 e. The van der Waals surface area contributed by atoms with Crippen LogP contribution in [0, 0.1) is 5.82 Å². The number of benzene rings is 2. The number of nitrogens with one attached hydrogen (secondary N) is 1. The van der Waals surface area contributed by atoms with Gasteiger partial charge in [0.2, 0.25) is 0 Å². The Balaban J connectivity index is 1.51. The Hall–Kier alpha value is -3.26. The lowest BCUT2D eigenvalue weighted by Crippen LogP contribution is -2.37. The maximum absolute atomic E-state index is 13.3. The number of hydrogen-bond acceptors (Lipinski definition) is 5. The van der Waals surface area contributed by atoms with Crippen molar-refractivity contribution in [3.63, 3.8) is 0 Å². The van der Waals surface area contributed by atoms with E-state index in [-0.39, 0.29) is 18.2 Å². The van der Waals surface area contributed by atoms with E-state index in [0.29, 0.717) is 41.0 Å². The topological polar surface area (TPSA) is 75.7 Å². The molecule has 1 N–H and O–H groups in total. The number of nitrogens with zero attached hydrogens (tertiary/aromatic N) is 1. The minimum absolute atomic E-state index is 0.0537. The summed E-state index contributed by atoms with van der Waals surface area (Å²) in [6.45, 7) is -0.279. The number of carbonyl (C=O) groups excluding carboxylic acids is 3. The number of halogens is 2. The van der Waals surface area contributed by atoms with Gasteiger partial charge in [-0.25, -0.2) is 4.39 Å². The first-order valence-electron chi connectivity index (χ1n) is 12.1. The molecular weight excluding hydrogens is 527 g/mol. The first-order chi connectivity index (χ1) is 17.3. The molecule has 1 aliphatic heterocycles. The summed E-state index contributed by atoms with van der Waals surface area (Å²) in [6, 6.07) is 10.9. The van der Waals surface area contributed by atoms with Gasteiger partial charge in [0.1, 0.15) is 11.6 Å². The molecule has 5 rings (SSSR count). The van der Waals surface area contributed by atoms with Crippen molar-refractivity contribution in [3.05, 3.63) is 80.9 Å². The quantitative estimate of drug-likeness (QED) is 0.518. The molecule has 8 heteroatoms. The second-order valence-electron chi connectivity index (χ2n) is 9.29. The number of ether oxygens (including phenoxy) is 1. The number of allylic oxidation sites excluding steroid dienone is 4. The zero-order valence-corrected chi connectivity index (χ0v) is 21.5. The van der Waals surface area contributed by atoms with Gasteiger partial charge in [0, 0.05) is 64.1 Å². The van der Waals surface area contributed by atoms with Crippen LogP contribution < -0.4 is 10.1 Å². The second kappa shape index (κ2) is 10.0. The van der Waals surface area contributed by atoms with Crippen LogP contribution >= 0.6 is 15.9 Å². The van der Waals surface area contributed by atoms with Crippen molar-refractivity contribution in [3.8, 4) is 5.75 Å². The summed E-state index contributed by atoms with van der Waals surface area (Å²) in [4.78, 5) is 41.1. The van der Waals surface area contributed by atoms with Gasteiger partial charge in [-0.05, 0) is 68.1 Å². The van der Waals surface area contributed by atoms with E-state index in [4.69, 9.17) is 4.74 Å². The van der Waals surface area contributed by atoms with Gasteiger partial charge in [0.15, 0.2) is 18.2 Å². The molecule has 6 nitrogen and oxygen atoms in total. The molecule has 1 amide bonds. The Kier molecular flexibility index (Phi) is 6.79. The van der Waals surface area contributed by atoms with Crippen molar-refractivity contribution in [1.29, 1.82) is 0 Å². The molecule has 2 aliphatic carbocycles. The Labute approximate surface area is 217 Å². The highest BCUT2D eigenvalue weighted by atomic mass is 79.9. The Morgan fingerprint density at radius 3 is 2.22 bits per heavy atom. The number of amides is 1. The molecule has 0 unspecified atom stereocenters. The fraction of sp³-hybridized carbons (Fsp3) is 0.321. The molecule has 0 bridgehead atoms. The normalized spacial score (nSPS) is 18.2. The van der Waals surface area contributed by atoms with E-state index in [2.05, 4.69) is 26.1 Å². The van der Waals surface area contributed by atoms with Crippen molar-refractivity contribution in [2.75, 3.05) is 19.0 Å². The fourth-order valence-corrected chi connectivity index (χ4v) is 5.79. The molecule has 0 spiro atoms. The van der Waals surface area contributed by atoms with Crippen LogP contribution in [-0.2, 0) is 14.4 Å². The van der Waals surface area contributed by atoms with Gasteiger partial charge in [-0.15, -0.1) is 0 Å². The van der Waals surface area contributed by atoms with E-state index < -0.39 is 17.6 Å². The number of rotatable bonds is 5. The van der Waals surface area contributed by atoms with Crippen LogP contribution in [0.15, 0.2) is 69.5 Å². The highest BCUT2D eigenvalue weighted by molar-refractivity contribution is 9.10. The lowest BCUT2D eigenvalue weighted by Gasteiger charge is -2.42. The van der Waals surface area contributed by atoms with Crippen LogP contribution in [0.2, 0.25) is 0 Å². The minimum atomic E-state index is -0.528. The highest BCUT2D eigenvalue weighted by Crippen LogP contribution is 2.50. The monoisotopic (exact) mass is 552 g/mol. The molecule has 1 heterocycles. The number of Topliss-reactive ketones (excluding diaryl/α,β-unsaturated/α-hetero) is 2. The summed E-state index contributed by atoms with van der Waals surface area (Å²) in [5, 5.41) is 2.69. The minimum Gasteiger partial charge on any atom is -0.483 e. The van der Waals surface area contributed by atoms with E-state index >= 15 is 0 Å². The van der Waals surface area contributed by atoms with E-state index in [0.717, 1.165) is 41.6 Å².